The van der Waals surface area contributed by atoms with Crippen molar-refractivity contribution in [3.05, 3.63) is 133 Å². The highest BCUT2D eigenvalue weighted by atomic mass is 16.3. The van der Waals surface area contributed by atoms with E-state index in [0.717, 1.165) is 33.2 Å². The van der Waals surface area contributed by atoms with Gasteiger partial charge in [0.2, 0.25) is 23.6 Å². The van der Waals surface area contributed by atoms with Crippen LogP contribution in [-0.2, 0) is 45.1 Å². The Bertz CT molecular complexity index is 2230. The first kappa shape index (κ1) is 45.2. The summed E-state index contributed by atoms with van der Waals surface area (Å²) >= 11 is 0. The maximum atomic E-state index is 14.1. The lowest BCUT2D eigenvalue weighted by Crippen LogP contribution is -2.61. The number of imidazole rings is 2. The van der Waals surface area contributed by atoms with Gasteiger partial charge < -0.3 is 40.6 Å². The van der Waals surface area contributed by atoms with Crippen LogP contribution in [0.3, 0.4) is 0 Å². The van der Waals surface area contributed by atoms with Gasteiger partial charge in [0.15, 0.2) is 0 Å². The monoisotopic (exact) mass is 842 g/mol. The third-order valence-electron chi connectivity index (χ3n) is 11.2. The second-order valence-electron chi connectivity index (χ2n) is 16.5. The molecule has 0 saturated carbocycles. The number of aliphatic hydroxyl groups excluding tert-OH is 2. The van der Waals surface area contributed by atoms with E-state index in [1.807, 2.05) is 146 Å². The van der Waals surface area contributed by atoms with Crippen molar-refractivity contribution in [3.8, 4) is 0 Å². The molecule has 0 aliphatic carbocycles. The number of amides is 4. The van der Waals surface area contributed by atoms with Crippen molar-refractivity contribution in [2.45, 2.75) is 103 Å². The number of nitrogens with zero attached hydrogens (tertiary/aromatic N) is 4. The van der Waals surface area contributed by atoms with Crippen molar-refractivity contribution in [1.82, 2.24) is 40.4 Å². The molecule has 0 unspecified atom stereocenters. The minimum Gasteiger partial charge on any atom is -0.388 e. The molecular formula is C48H58N8O6. The van der Waals surface area contributed by atoms with Crippen molar-refractivity contribution in [2.75, 3.05) is 0 Å². The zero-order chi connectivity index (χ0) is 44.2. The van der Waals surface area contributed by atoms with Crippen LogP contribution in [0.4, 0.5) is 0 Å². The fraction of sp³-hybridized carbons (Fsp3) is 0.375. The van der Waals surface area contributed by atoms with Gasteiger partial charge in [-0.2, -0.15) is 0 Å². The first-order valence-corrected chi connectivity index (χ1v) is 21.3. The van der Waals surface area contributed by atoms with Crippen LogP contribution in [0.15, 0.2) is 122 Å². The number of nitrogens with one attached hydrogen (secondary N) is 4. The predicted molar refractivity (Wildman–Crippen MR) is 238 cm³/mol. The summed E-state index contributed by atoms with van der Waals surface area (Å²) in [6, 6.07) is 29.8. The molecule has 4 aromatic carbocycles. The number of fused-ring (bicyclic) bond motifs is 2. The van der Waals surface area contributed by atoms with Crippen LogP contribution < -0.4 is 21.3 Å². The molecule has 0 aliphatic heterocycles. The highest BCUT2D eigenvalue weighted by Gasteiger charge is 2.37. The van der Waals surface area contributed by atoms with Gasteiger partial charge in [0, 0.05) is 25.9 Å². The Hall–Kier alpha value is -6.38. The molecule has 0 saturated heterocycles. The molecule has 6 aromatic rings. The zero-order valence-electron chi connectivity index (χ0n) is 35.7. The van der Waals surface area contributed by atoms with Gasteiger partial charge in [-0.1, -0.05) is 113 Å². The molecule has 0 bridgehead atoms. The number of hydrogen-bond acceptors (Lipinski definition) is 8. The summed E-state index contributed by atoms with van der Waals surface area (Å²) in [6.07, 6.45) is 0.693. The minimum atomic E-state index is -1.58. The van der Waals surface area contributed by atoms with Gasteiger partial charge in [0.05, 0.1) is 46.8 Å². The molecule has 6 atom stereocenters. The number of aliphatic hydroxyl groups is 2. The Morgan fingerprint density at radius 3 is 1.24 bits per heavy atom. The Labute approximate surface area is 362 Å². The fourth-order valence-electron chi connectivity index (χ4n) is 7.65. The molecule has 0 spiro atoms. The van der Waals surface area contributed by atoms with Crippen molar-refractivity contribution in [2.24, 2.45) is 11.8 Å². The van der Waals surface area contributed by atoms with E-state index in [1.165, 1.54) is 0 Å². The van der Waals surface area contributed by atoms with E-state index in [1.54, 1.807) is 12.7 Å². The van der Waals surface area contributed by atoms with E-state index >= 15 is 0 Å². The molecule has 14 heteroatoms. The third-order valence-corrected chi connectivity index (χ3v) is 11.2. The fourth-order valence-corrected chi connectivity index (χ4v) is 7.65. The van der Waals surface area contributed by atoms with Crippen LogP contribution in [0.1, 0.15) is 51.7 Å². The Morgan fingerprint density at radius 1 is 0.516 bits per heavy atom. The lowest BCUT2D eigenvalue weighted by molar-refractivity contribution is -0.133. The van der Waals surface area contributed by atoms with Crippen LogP contribution in [0, 0.1) is 11.8 Å². The molecule has 0 aliphatic rings. The van der Waals surface area contributed by atoms with Crippen LogP contribution in [0.5, 0.6) is 0 Å². The molecule has 14 nitrogen and oxygen atoms in total. The number of carbonyl (C=O) groups excluding carboxylic acids is 4. The first-order chi connectivity index (χ1) is 29.9. The van der Waals surface area contributed by atoms with E-state index < -0.39 is 48.2 Å². The lowest BCUT2D eigenvalue weighted by Gasteiger charge is -2.35. The first-order valence-electron chi connectivity index (χ1n) is 21.3. The molecule has 62 heavy (non-hydrogen) atoms. The predicted octanol–water partition coefficient (Wildman–Crippen LogP) is 4.32. The quantitative estimate of drug-likeness (QED) is 0.0617. The number of aromatic nitrogens is 4. The van der Waals surface area contributed by atoms with E-state index in [-0.39, 0.29) is 49.3 Å². The van der Waals surface area contributed by atoms with Crippen molar-refractivity contribution in [1.29, 1.82) is 0 Å². The van der Waals surface area contributed by atoms with Gasteiger partial charge in [0.1, 0.15) is 24.3 Å². The Morgan fingerprint density at radius 2 is 0.871 bits per heavy atom. The van der Waals surface area contributed by atoms with Gasteiger partial charge in [-0.25, -0.2) is 9.97 Å². The molecule has 326 valence electrons. The van der Waals surface area contributed by atoms with Gasteiger partial charge in [-0.05, 0) is 60.1 Å². The smallest absolute Gasteiger partial charge is 0.243 e. The lowest BCUT2D eigenvalue weighted by atomic mass is 9.90. The van der Waals surface area contributed by atoms with Gasteiger partial charge in [0.25, 0.3) is 0 Å². The SMILES string of the molecule is CC(C)[C@H](NC(=O)CCn1cnc2ccccc21)C(=O)N[C@@H](Cc1ccccc1)[C@@H](O)[C@H](O)[C@H](Cc1ccccc1)NC(=O)[C@@H](NC(=O)CCn1cnc2ccccc21)C(C)C. The van der Waals surface area contributed by atoms with Crippen molar-refractivity contribution >= 4 is 45.7 Å². The summed E-state index contributed by atoms with van der Waals surface area (Å²) in [7, 11) is 0. The van der Waals surface area contributed by atoms with E-state index in [0.29, 0.717) is 13.1 Å². The molecule has 2 aromatic heterocycles. The molecule has 6 N–H and O–H groups in total. The van der Waals surface area contributed by atoms with E-state index in [2.05, 4.69) is 31.2 Å². The number of benzene rings is 4. The van der Waals surface area contributed by atoms with E-state index in [4.69, 9.17) is 0 Å². The number of carbonyl (C=O) groups is 4. The number of rotatable bonds is 21. The van der Waals surface area contributed by atoms with Gasteiger partial charge in [-0.3, -0.25) is 19.2 Å². The Kier molecular flexibility index (Phi) is 15.6. The maximum Gasteiger partial charge on any atom is 0.243 e. The highest BCUT2D eigenvalue weighted by Crippen LogP contribution is 2.18. The molecular weight excluding hydrogens is 785 g/mol. The summed E-state index contributed by atoms with van der Waals surface area (Å²) in [5, 5.41) is 35.8. The highest BCUT2D eigenvalue weighted by molar-refractivity contribution is 5.89. The summed E-state index contributed by atoms with van der Waals surface area (Å²) in [4.78, 5) is 63.6. The average molecular weight is 843 g/mol. The maximum absolute atomic E-state index is 14.1. The largest absolute Gasteiger partial charge is 0.388 e. The van der Waals surface area contributed by atoms with Gasteiger partial charge in [-0.15, -0.1) is 0 Å². The zero-order valence-corrected chi connectivity index (χ0v) is 35.7. The number of para-hydroxylation sites is 4. The minimum absolute atomic E-state index is 0.103. The average Bonchev–Trinajstić information content (AvgIpc) is 3.89. The topological polar surface area (TPSA) is 192 Å². The summed E-state index contributed by atoms with van der Waals surface area (Å²) in [5.41, 5.74) is 5.02. The molecule has 2 heterocycles. The molecule has 4 amide bonds. The number of hydrogen-bond donors (Lipinski definition) is 6. The van der Waals surface area contributed by atoms with Crippen LogP contribution in [0.2, 0.25) is 0 Å². The molecule has 6 rings (SSSR count). The van der Waals surface area contributed by atoms with Crippen LogP contribution in [-0.4, -0.2) is 89.3 Å². The second-order valence-corrected chi connectivity index (χ2v) is 16.5. The summed E-state index contributed by atoms with van der Waals surface area (Å²) in [5.74, 6) is -2.35. The third kappa shape index (κ3) is 11.9. The number of aryl methyl sites for hydroxylation is 2. The standard InChI is InChI=1S/C48H58N8O6/c1-31(2)43(53-41(57)23-25-55-29-49-35-19-11-13-21-39(35)55)47(61)51-37(27-33-15-7-5-8-16-33)45(59)46(60)38(28-34-17-9-6-10-18-34)52-48(62)44(32(3)4)54-42(58)24-26-56-30-50-36-20-12-14-22-40(36)56/h5-22,29-32,37-38,43-46,59-60H,23-28H2,1-4H3,(H,51,61)(H,52,62)(H,53,57)(H,54,58)/t37-,38-,43-,44-,45+,46+/m0/s1. The van der Waals surface area contributed by atoms with E-state index in [9.17, 15) is 29.4 Å². The Balaban J connectivity index is 1.16. The van der Waals surface area contributed by atoms with Crippen molar-refractivity contribution in [3.63, 3.8) is 0 Å². The normalized spacial score (nSPS) is 14.5. The summed E-state index contributed by atoms with van der Waals surface area (Å²) in [6.45, 7) is 8.00. The molecule has 0 radical (unpaired) electrons. The van der Waals surface area contributed by atoms with Gasteiger partial charge >= 0.3 is 0 Å². The second kappa shape index (κ2) is 21.4. The van der Waals surface area contributed by atoms with Crippen LogP contribution in [0.25, 0.3) is 22.1 Å². The van der Waals surface area contributed by atoms with Crippen LogP contribution >= 0.6 is 0 Å². The van der Waals surface area contributed by atoms with Crippen molar-refractivity contribution < 1.29 is 29.4 Å². The summed E-state index contributed by atoms with van der Waals surface area (Å²) < 4.78 is 3.78. The molecule has 0 fully saturated rings.